The van der Waals surface area contributed by atoms with Crippen LogP contribution in [0.4, 0.5) is 0 Å². The van der Waals surface area contributed by atoms with Crippen molar-refractivity contribution in [3.05, 3.63) is 0 Å². The van der Waals surface area contributed by atoms with E-state index in [1.165, 1.54) is 71.4 Å². The molecule has 0 aromatic carbocycles. The molecule has 106 valence electrons. The second kappa shape index (κ2) is 7.46. The van der Waals surface area contributed by atoms with Crippen molar-refractivity contribution in [1.29, 1.82) is 0 Å². The summed E-state index contributed by atoms with van der Waals surface area (Å²) in [5.74, 6) is 0. The second-order valence-corrected chi connectivity index (χ2v) is 6.26. The van der Waals surface area contributed by atoms with Crippen LogP contribution in [0.2, 0.25) is 0 Å². The molecule has 0 aromatic heterocycles. The third-order valence-corrected chi connectivity index (χ3v) is 4.58. The molecule has 1 saturated carbocycles. The van der Waals surface area contributed by atoms with Gasteiger partial charge in [-0.3, -0.25) is 4.90 Å². The highest BCUT2D eigenvalue weighted by molar-refractivity contribution is 4.76. The summed E-state index contributed by atoms with van der Waals surface area (Å²) >= 11 is 0. The van der Waals surface area contributed by atoms with E-state index in [9.17, 15) is 0 Å². The number of rotatable bonds is 6. The van der Waals surface area contributed by atoms with E-state index >= 15 is 0 Å². The lowest BCUT2D eigenvalue weighted by molar-refractivity contribution is 0.107. The molecule has 0 radical (unpaired) electrons. The van der Waals surface area contributed by atoms with Crippen LogP contribution in [0, 0.1) is 0 Å². The largest absolute Gasteiger partial charge is 0.314 e. The van der Waals surface area contributed by atoms with Gasteiger partial charge >= 0.3 is 0 Å². The lowest BCUT2D eigenvalue weighted by atomic mass is 10.2. The zero-order valence-corrected chi connectivity index (χ0v) is 12.3. The number of hydrogen-bond acceptors (Lipinski definition) is 3. The topological polar surface area (TPSA) is 18.5 Å². The van der Waals surface area contributed by atoms with Crippen molar-refractivity contribution in [2.24, 2.45) is 0 Å². The first-order valence-electron chi connectivity index (χ1n) is 7.95. The number of nitrogens with one attached hydrogen (secondary N) is 1. The highest BCUT2D eigenvalue weighted by atomic mass is 15.3. The highest BCUT2D eigenvalue weighted by Crippen LogP contribution is 2.17. The van der Waals surface area contributed by atoms with Crippen molar-refractivity contribution in [1.82, 2.24) is 15.1 Å². The minimum Gasteiger partial charge on any atom is -0.314 e. The van der Waals surface area contributed by atoms with Crippen molar-refractivity contribution in [2.45, 2.75) is 58.0 Å². The first kappa shape index (κ1) is 14.3. The molecular weight excluding hydrogens is 222 g/mol. The van der Waals surface area contributed by atoms with Crippen molar-refractivity contribution in [3.8, 4) is 0 Å². The van der Waals surface area contributed by atoms with E-state index in [1.807, 2.05) is 0 Å². The number of hydrogen-bond donors (Lipinski definition) is 1. The quantitative estimate of drug-likeness (QED) is 0.730. The van der Waals surface area contributed by atoms with Gasteiger partial charge in [0.15, 0.2) is 0 Å². The van der Waals surface area contributed by atoms with Gasteiger partial charge in [0, 0.05) is 38.3 Å². The summed E-state index contributed by atoms with van der Waals surface area (Å²) in [5, 5.41) is 3.71. The van der Waals surface area contributed by atoms with Crippen LogP contribution in [-0.2, 0) is 0 Å². The van der Waals surface area contributed by atoms with Gasteiger partial charge < -0.3 is 10.2 Å². The van der Waals surface area contributed by atoms with Gasteiger partial charge in [-0.05, 0) is 46.2 Å². The molecule has 3 heteroatoms. The standard InChI is InChI=1S/C15H31N3/c1-14(2)18-12-10-17(11-13-18)9-5-8-16-15-6-3-4-7-15/h14-16H,3-13H2,1-2H3. The van der Waals surface area contributed by atoms with Gasteiger partial charge in [-0.15, -0.1) is 0 Å². The summed E-state index contributed by atoms with van der Waals surface area (Å²) < 4.78 is 0. The fourth-order valence-corrected chi connectivity index (χ4v) is 3.24. The molecule has 2 rings (SSSR count). The van der Waals surface area contributed by atoms with Crippen LogP contribution in [-0.4, -0.2) is 61.2 Å². The van der Waals surface area contributed by atoms with Gasteiger partial charge in [0.2, 0.25) is 0 Å². The molecule has 0 atom stereocenters. The fourth-order valence-electron chi connectivity index (χ4n) is 3.24. The third-order valence-electron chi connectivity index (χ3n) is 4.58. The van der Waals surface area contributed by atoms with Crippen LogP contribution >= 0.6 is 0 Å². The van der Waals surface area contributed by atoms with E-state index in [1.54, 1.807) is 0 Å². The molecule has 1 saturated heterocycles. The highest BCUT2D eigenvalue weighted by Gasteiger charge is 2.18. The molecule has 3 nitrogen and oxygen atoms in total. The predicted octanol–water partition coefficient (Wildman–Crippen LogP) is 1.93. The SMILES string of the molecule is CC(C)N1CCN(CCCNC2CCCC2)CC1. The Morgan fingerprint density at radius 1 is 1.06 bits per heavy atom. The Bertz CT molecular complexity index is 216. The monoisotopic (exact) mass is 253 g/mol. The van der Waals surface area contributed by atoms with Gasteiger partial charge in [0.05, 0.1) is 0 Å². The average molecular weight is 253 g/mol. The lowest BCUT2D eigenvalue weighted by Crippen LogP contribution is -2.49. The molecule has 0 aromatic rings. The molecule has 1 aliphatic carbocycles. The van der Waals surface area contributed by atoms with E-state index in [-0.39, 0.29) is 0 Å². The maximum absolute atomic E-state index is 3.71. The van der Waals surface area contributed by atoms with Crippen molar-refractivity contribution in [2.75, 3.05) is 39.3 Å². The second-order valence-electron chi connectivity index (χ2n) is 6.26. The summed E-state index contributed by atoms with van der Waals surface area (Å²) in [4.78, 5) is 5.22. The van der Waals surface area contributed by atoms with Crippen LogP contribution in [0.25, 0.3) is 0 Å². The summed E-state index contributed by atoms with van der Waals surface area (Å²) in [6.07, 6.45) is 7.02. The first-order valence-corrected chi connectivity index (χ1v) is 7.95. The maximum Gasteiger partial charge on any atom is 0.0113 e. The summed E-state index contributed by atoms with van der Waals surface area (Å²) in [7, 11) is 0. The van der Waals surface area contributed by atoms with Crippen LogP contribution in [0.5, 0.6) is 0 Å². The Hall–Kier alpha value is -0.120. The molecule has 2 aliphatic rings. The average Bonchev–Trinajstić information content (AvgIpc) is 2.88. The van der Waals surface area contributed by atoms with Crippen LogP contribution in [0.15, 0.2) is 0 Å². The molecule has 1 heterocycles. The molecule has 0 amide bonds. The van der Waals surface area contributed by atoms with Gasteiger partial charge in [-0.25, -0.2) is 0 Å². The molecule has 1 N–H and O–H groups in total. The summed E-state index contributed by atoms with van der Waals surface area (Å²) in [6.45, 7) is 12.2. The minimum atomic E-state index is 0.719. The Morgan fingerprint density at radius 3 is 2.33 bits per heavy atom. The van der Waals surface area contributed by atoms with E-state index in [2.05, 4.69) is 29.0 Å². The normalized spacial score (nSPS) is 24.2. The predicted molar refractivity (Wildman–Crippen MR) is 78.0 cm³/mol. The molecule has 0 unspecified atom stereocenters. The smallest absolute Gasteiger partial charge is 0.0113 e. The van der Waals surface area contributed by atoms with Gasteiger partial charge in [-0.2, -0.15) is 0 Å². The first-order chi connectivity index (χ1) is 8.75. The van der Waals surface area contributed by atoms with Crippen molar-refractivity contribution >= 4 is 0 Å². The minimum absolute atomic E-state index is 0.719. The third kappa shape index (κ3) is 4.52. The Balaban J connectivity index is 1.50. The molecule has 0 spiro atoms. The summed E-state index contributed by atoms with van der Waals surface area (Å²) in [5.41, 5.74) is 0. The number of piperazine rings is 1. The van der Waals surface area contributed by atoms with Gasteiger partial charge in [-0.1, -0.05) is 12.8 Å². The van der Waals surface area contributed by atoms with Crippen molar-refractivity contribution in [3.63, 3.8) is 0 Å². The Kier molecular flexibility index (Phi) is 5.93. The Labute approximate surface area is 113 Å². The lowest BCUT2D eigenvalue weighted by Gasteiger charge is -2.37. The van der Waals surface area contributed by atoms with Crippen LogP contribution in [0.3, 0.4) is 0 Å². The van der Waals surface area contributed by atoms with E-state index in [4.69, 9.17) is 0 Å². The van der Waals surface area contributed by atoms with Crippen molar-refractivity contribution < 1.29 is 0 Å². The molecule has 18 heavy (non-hydrogen) atoms. The zero-order chi connectivity index (χ0) is 12.8. The number of nitrogens with zero attached hydrogens (tertiary/aromatic N) is 2. The van der Waals surface area contributed by atoms with E-state index in [0.29, 0.717) is 0 Å². The zero-order valence-electron chi connectivity index (χ0n) is 12.3. The molecule has 1 aliphatic heterocycles. The van der Waals surface area contributed by atoms with E-state index in [0.717, 1.165) is 12.1 Å². The summed E-state index contributed by atoms with van der Waals surface area (Å²) in [6, 6.07) is 1.55. The van der Waals surface area contributed by atoms with Gasteiger partial charge in [0.25, 0.3) is 0 Å². The fraction of sp³-hybridized carbons (Fsp3) is 1.00. The Morgan fingerprint density at radius 2 is 1.72 bits per heavy atom. The van der Waals surface area contributed by atoms with Gasteiger partial charge in [0.1, 0.15) is 0 Å². The maximum atomic E-state index is 3.71. The molecule has 2 fully saturated rings. The van der Waals surface area contributed by atoms with E-state index < -0.39 is 0 Å². The molecule has 0 bridgehead atoms. The van der Waals surface area contributed by atoms with Crippen LogP contribution < -0.4 is 5.32 Å². The van der Waals surface area contributed by atoms with Crippen LogP contribution in [0.1, 0.15) is 46.0 Å². The molecular formula is C15H31N3.